The first-order valence-electron chi connectivity index (χ1n) is 7.96. The molecule has 0 spiro atoms. The summed E-state index contributed by atoms with van der Waals surface area (Å²) >= 11 is 0. The van der Waals surface area contributed by atoms with Gasteiger partial charge in [-0.1, -0.05) is 19.1 Å². The van der Waals surface area contributed by atoms with Crippen LogP contribution in [0.4, 0.5) is 0 Å². The molecule has 1 heterocycles. The van der Waals surface area contributed by atoms with Crippen molar-refractivity contribution in [2.45, 2.75) is 31.1 Å². The summed E-state index contributed by atoms with van der Waals surface area (Å²) in [7, 11) is -3.64. The van der Waals surface area contributed by atoms with Crippen molar-refractivity contribution in [3.63, 3.8) is 0 Å². The largest absolute Gasteiger partial charge is 0.341 e. The number of primary sulfonamides is 1. The van der Waals surface area contributed by atoms with Gasteiger partial charge >= 0.3 is 0 Å². The second-order valence-corrected chi connectivity index (χ2v) is 7.76. The van der Waals surface area contributed by atoms with Gasteiger partial charge in [-0.2, -0.15) is 0 Å². The van der Waals surface area contributed by atoms with Gasteiger partial charge in [-0.05, 0) is 49.4 Å². The second kappa shape index (κ2) is 7.90. The van der Waals surface area contributed by atoms with Crippen LogP contribution < -0.4 is 10.5 Å². The lowest BCUT2D eigenvalue weighted by Gasteiger charge is -2.31. The summed E-state index contributed by atoms with van der Waals surface area (Å²) in [5.41, 5.74) is 1.00. The summed E-state index contributed by atoms with van der Waals surface area (Å²) in [5.74, 6) is 0.742. The lowest BCUT2D eigenvalue weighted by atomic mass is 10.0. The Morgan fingerprint density at radius 2 is 2.04 bits per heavy atom. The minimum absolute atomic E-state index is 0.114. The number of likely N-dealkylation sites (tertiary alicyclic amines) is 1. The molecule has 1 aliphatic rings. The SMILES string of the molecule is CC1CCCN(C(=O)CNCCc2ccc(S(N)(=O)=O)cc2)C1. The van der Waals surface area contributed by atoms with Crippen molar-refractivity contribution in [2.75, 3.05) is 26.2 Å². The van der Waals surface area contributed by atoms with Gasteiger partial charge in [0.05, 0.1) is 11.4 Å². The highest BCUT2D eigenvalue weighted by molar-refractivity contribution is 7.89. The number of benzene rings is 1. The van der Waals surface area contributed by atoms with Crippen molar-refractivity contribution >= 4 is 15.9 Å². The highest BCUT2D eigenvalue weighted by atomic mass is 32.2. The van der Waals surface area contributed by atoms with Crippen molar-refractivity contribution in [3.05, 3.63) is 29.8 Å². The molecule has 1 aromatic carbocycles. The highest BCUT2D eigenvalue weighted by Gasteiger charge is 2.20. The Kier molecular flexibility index (Phi) is 6.15. The Morgan fingerprint density at radius 3 is 2.65 bits per heavy atom. The standard InChI is InChI=1S/C16H25N3O3S/c1-13-3-2-10-19(12-13)16(20)11-18-9-8-14-4-6-15(7-5-14)23(17,21)22/h4-7,13,18H,2-3,8-12H2,1H3,(H2,17,21,22). The summed E-state index contributed by atoms with van der Waals surface area (Å²) in [6.07, 6.45) is 3.02. The van der Waals surface area contributed by atoms with Gasteiger partial charge in [0.15, 0.2) is 0 Å². The maximum atomic E-state index is 12.1. The van der Waals surface area contributed by atoms with Crippen LogP contribution in [0.5, 0.6) is 0 Å². The Bertz CT molecular complexity index is 628. The fourth-order valence-electron chi connectivity index (χ4n) is 2.80. The molecule has 0 saturated carbocycles. The van der Waals surface area contributed by atoms with Gasteiger partial charge < -0.3 is 10.2 Å². The lowest BCUT2D eigenvalue weighted by molar-refractivity contribution is -0.131. The van der Waals surface area contributed by atoms with Gasteiger partial charge in [0.1, 0.15) is 0 Å². The van der Waals surface area contributed by atoms with Crippen molar-refractivity contribution < 1.29 is 13.2 Å². The van der Waals surface area contributed by atoms with E-state index in [2.05, 4.69) is 12.2 Å². The third kappa shape index (κ3) is 5.60. The molecule has 0 bridgehead atoms. The van der Waals surface area contributed by atoms with Crippen LogP contribution in [0.2, 0.25) is 0 Å². The zero-order valence-corrected chi connectivity index (χ0v) is 14.3. The number of carbonyl (C=O) groups excluding carboxylic acids is 1. The predicted molar refractivity (Wildman–Crippen MR) is 89.4 cm³/mol. The van der Waals surface area contributed by atoms with Crippen molar-refractivity contribution in [1.29, 1.82) is 0 Å². The molecule has 7 heteroatoms. The fraction of sp³-hybridized carbons (Fsp3) is 0.562. The molecule has 3 N–H and O–H groups in total. The molecule has 2 rings (SSSR count). The molecule has 23 heavy (non-hydrogen) atoms. The number of carbonyl (C=O) groups is 1. The number of piperidine rings is 1. The van der Waals surface area contributed by atoms with Crippen LogP contribution in [-0.4, -0.2) is 45.4 Å². The normalized spacial score (nSPS) is 18.9. The van der Waals surface area contributed by atoms with Crippen molar-refractivity contribution in [1.82, 2.24) is 10.2 Å². The highest BCUT2D eigenvalue weighted by Crippen LogP contribution is 2.15. The second-order valence-electron chi connectivity index (χ2n) is 6.20. The number of nitrogens with one attached hydrogen (secondary N) is 1. The van der Waals surface area contributed by atoms with E-state index in [1.165, 1.54) is 18.6 Å². The van der Waals surface area contributed by atoms with E-state index in [0.29, 0.717) is 19.0 Å². The van der Waals surface area contributed by atoms with Crippen LogP contribution in [0.3, 0.4) is 0 Å². The molecule has 1 saturated heterocycles. The summed E-state index contributed by atoms with van der Waals surface area (Å²) in [5, 5.41) is 8.22. The number of rotatable bonds is 6. The zero-order chi connectivity index (χ0) is 16.9. The van der Waals surface area contributed by atoms with Gasteiger partial charge in [0.25, 0.3) is 0 Å². The van der Waals surface area contributed by atoms with E-state index in [1.54, 1.807) is 12.1 Å². The monoisotopic (exact) mass is 339 g/mol. The Hall–Kier alpha value is -1.44. The van der Waals surface area contributed by atoms with Crippen LogP contribution in [-0.2, 0) is 21.2 Å². The van der Waals surface area contributed by atoms with Crippen LogP contribution in [0.25, 0.3) is 0 Å². The van der Waals surface area contributed by atoms with Crippen LogP contribution in [0.15, 0.2) is 29.2 Å². The van der Waals surface area contributed by atoms with E-state index in [-0.39, 0.29) is 10.8 Å². The van der Waals surface area contributed by atoms with Gasteiger partial charge in [0, 0.05) is 13.1 Å². The van der Waals surface area contributed by atoms with Gasteiger partial charge in [-0.25, -0.2) is 13.6 Å². The first-order chi connectivity index (χ1) is 10.9. The summed E-state index contributed by atoms with van der Waals surface area (Å²) in [6, 6.07) is 6.50. The van der Waals surface area contributed by atoms with Crippen molar-refractivity contribution in [3.8, 4) is 0 Å². The zero-order valence-electron chi connectivity index (χ0n) is 13.5. The molecule has 1 fully saturated rings. The van der Waals surface area contributed by atoms with Crippen LogP contribution in [0, 0.1) is 5.92 Å². The number of hydrogen-bond acceptors (Lipinski definition) is 4. The fourth-order valence-corrected chi connectivity index (χ4v) is 3.32. The molecule has 1 aromatic rings. The number of nitrogens with zero attached hydrogens (tertiary/aromatic N) is 1. The average molecular weight is 339 g/mol. The Morgan fingerprint density at radius 1 is 1.35 bits per heavy atom. The summed E-state index contributed by atoms with van der Waals surface area (Å²) in [4.78, 5) is 14.1. The quantitative estimate of drug-likeness (QED) is 0.747. The summed E-state index contributed by atoms with van der Waals surface area (Å²) in [6.45, 7) is 4.92. The average Bonchev–Trinajstić information content (AvgIpc) is 2.51. The maximum Gasteiger partial charge on any atom is 0.238 e. The van der Waals surface area contributed by atoms with E-state index in [9.17, 15) is 13.2 Å². The number of amides is 1. The van der Waals surface area contributed by atoms with Crippen molar-refractivity contribution in [2.24, 2.45) is 11.1 Å². The van der Waals surface area contributed by atoms with E-state index in [1.807, 2.05) is 4.90 Å². The molecule has 6 nitrogen and oxygen atoms in total. The molecule has 1 aliphatic heterocycles. The van der Waals surface area contributed by atoms with E-state index < -0.39 is 10.0 Å². The molecule has 1 amide bonds. The van der Waals surface area contributed by atoms with Crippen LogP contribution >= 0.6 is 0 Å². The topological polar surface area (TPSA) is 92.5 Å². The Labute approximate surface area is 138 Å². The van der Waals surface area contributed by atoms with Gasteiger partial charge in [-0.15, -0.1) is 0 Å². The third-order valence-electron chi connectivity index (χ3n) is 4.13. The minimum atomic E-state index is -3.64. The van der Waals surface area contributed by atoms with E-state index >= 15 is 0 Å². The molecule has 0 aliphatic carbocycles. The van der Waals surface area contributed by atoms with E-state index in [0.717, 1.165) is 31.5 Å². The molecule has 1 unspecified atom stereocenters. The smallest absolute Gasteiger partial charge is 0.238 e. The maximum absolute atomic E-state index is 12.1. The number of nitrogens with two attached hydrogens (primary N) is 1. The summed E-state index contributed by atoms with van der Waals surface area (Å²) < 4.78 is 22.4. The first-order valence-corrected chi connectivity index (χ1v) is 9.51. The predicted octanol–water partition coefficient (Wildman–Crippen LogP) is 0.725. The van der Waals surface area contributed by atoms with Crippen LogP contribution in [0.1, 0.15) is 25.3 Å². The molecule has 0 radical (unpaired) electrons. The molecule has 1 atom stereocenters. The molecule has 0 aromatic heterocycles. The molecule has 128 valence electrons. The third-order valence-corrected chi connectivity index (χ3v) is 5.06. The molecular formula is C16H25N3O3S. The van der Waals surface area contributed by atoms with E-state index in [4.69, 9.17) is 5.14 Å². The minimum Gasteiger partial charge on any atom is -0.341 e. The number of hydrogen-bond donors (Lipinski definition) is 2. The Balaban J connectivity index is 1.72. The first kappa shape index (κ1) is 17.9. The lowest BCUT2D eigenvalue weighted by Crippen LogP contribution is -2.43. The van der Waals surface area contributed by atoms with Gasteiger partial charge in [0.2, 0.25) is 15.9 Å². The number of sulfonamides is 1. The van der Waals surface area contributed by atoms with Gasteiger partial charge in [-0.3, -0.25) is 4.79 Å². The molecular weight excluding hydrogens is 314 g/mol.